The molecule has 0 unspecified atom stereocenters. The molecule has 3 rings (SSSR count). The van der Waals surface area contributed by atoms with E-state index in [1.165, 1.54) is 0 Å². The number of furan rings is 1. The summed E-state index contributed by atoms with van der Waals surface area (Å²) < 4.78 is 10.9. The van der Waals surface area contributed by atoms with Crippen molar-refractivity contribution < 1.29 is 13.9 Å². The van der Waals surface area contributed by atoms with Crippen molar-refractivity contribution in [2.24, 2.45) is 5.92 Å². The Hall–Kier alpha value is -1.61. The first-order valence-corrected chi connectivity index (χ1v) is 5.95. The quantitative estimate of drug-likeness (QED) is 0.744. The average molecular weight is 230 g/mol. The number of carbonyl (C=O) groups is 1. The van der Waals surface area contributed by atoms with Crippen LogP contribution in [-0.4, -0.2) is 19.0 Å². The highest BCUT2D eigenvalue weighted by molar-refractivity contribution is 5.99. The van der Waals surface area contributed by atoms with Gasteiger partial charge in [-0.1, -0.05) is 18.2 Å². The van der Waals surface area contributed by atoms with E-state index in [2.05, 4.69) is 0 Å². The fourth-order valence-electron chi connectivity index (χ4n) is 2.26. The summed E-state index contributed by atoms with van der Waals surface area (Å²) in [5, 5.41) is 0.989. The third kappa shape index (κ3) is 1.98. The molecular weight excluding hydrogens is 216 g/mol. The number of ketones is 1. The van der Waals surface area contributed by atoms with E-state index < -0.39 is 0 Å². The smallest absolute Gasteiger partial charge is 0.201 e. The first-order valence-electron chi connectivity index (χ1n) is 5.95. The standard InChI is InChI=1S/C14H14O3/c15-14(10-5-7-16-8-6-10)13-9-11-3-1-2-4-12(11)17-13/h1-4,9-10H,5-8H2. The van der Waals surface area contributed by atoms with Crippen LogP contribution < -0.4 is 0 Å². The van der Waals surface area contributed by atoms with Crippen LogP contribution in [0.5, 0.6) is 0 Å². The molecule has 2 aromatic rings. The van der Waals surface area contributed by atoms with E-state index >= 15 is 0 Å². The maximum Gasteiger partial charge on any atom is 0.201 e. The second kappa shape index (κ2) is 4.34. The Morgan fingerprint density at radius 2 is 1.94 bits per heavy atom. The molecule has 0 bridgehead atoms. The van der Waals surface area contributed by atoms with Crippen molar-refractivity contribution in [1.29, 1.82) is 0 Å². The zero-order valence-electron chi connectivity index (χ0n) is 9.52. The van der Waals surface area contributed by atoms with Crippen LogP contribution in [-0.2, 0) is 4.74 Å². The van der Waals surface area contributed by atoms with Crippen LogP contribution >= 0.6 is 0 Å². The molecule has 3 nitrogen and oxygen atoms in total. The van der Waals surface area contributed by atoms with Gasteiger partial charge in [-0.3, -0.25) is 4.79 Å². The van der Waals surface area contributed by atoms with E-state index in [-0.39, 0.29) is 11.7 Å². The first-order chi connectivity index (χ1) is 8.34. The van der Waals surface area contributed by atoms with E-state index in [0.717, 1.165) is 23.8 Å². The summed E-state index contributed by atoms with van der Waals surface area (Å²) in [6.07, 6.45) is 1.60. The van der Waals surface area contributed by atoms with Crippen LogP contribution in [0, 0.1) is 5.92 Å². The predicted octanol–water partition coefficient (Wildman–Crippen LogP) is 3.04. The Morgan fingerprint density at radius 3 is 2.71 bits per heavy atom. The highest BCUT2D eigenvalue weighted by Crippen LogP contribution is 2.25. The van der Waals surface area contributed by atoms with Gasteiger partial charge >= 0.3 is 0 Å². The number of fused-ring (bicyclic) bond motifs is 1. The minimum Gasteiger partial charge on any atom is -0.453 e. The molecule has 0 amide bonds. The molecule has 1 aromatic heterocycles. The minimum absolute atomic E-state index is 0.0595. The highest BCUT2D eigenvalue weighted by atomic mass is 16.5. The molecule has 0 radical (unpaired) electrons. The molecule has 1 aromatic carbocycles. The number of ether oxygens (including phenoxy) is 1. The third-order valence-corrected chi connectivity index (χ3v) is 3.26. The lowest BCUT2D eigenvalue weighted by Gasteiger charge is -2.19. The molecule has 17 heavy (non-hydrogen) atoms. The summed E-state index contributed by atoms with van der Waals surface area (Å²) in [6.45, 7) is 1.35. The zero-order chi connectivity index (χ0) is 11.7. The summed E-state index contributed by atoms with van der Waals surface area (Å²) in [7, 11) is 0. The Balaban J connectivity index is 1.89. The van der Waals surface area contributed by atoms with Gasteiger partial charge < -0.3 is 9.15 Å². The summed E-state index contributed by atoms with van der Waals surface area (Å²) in [5.41, 5.74) is 0.780. The number of rotatable bonds is 2. The van der Waals surface area contributed by atoms with E-state index in [1.54, 1.807) is 0 Å². The monoisotopic (exact) mass is 230 g/mol. The number of para-hydroxylation sites is 1. The van der Waals surface area contributed by atoms with Gasteiger partial charge in [0.05, 0.1) is 0 Å². The molecule has 1 fully saturated rings. The van der Waals surface area contributed by atoms with Gasteiger partial charge in [-0.25, -0.2) is 0 Å². The Bertz CT molecular complexity index is 502. The molecule has 1 aliphatic rings. The second-order valence-electron chi connectivity index (χ2n) is 4.40. The number of hydrogen-bond donors (Lipinski definition) is 0. The van der Waals surface area contributed by atoms with Crippen molar-refractivity contribution in [2.45, 2.75) is 12.8 Å². The van der Waals surface area contributed by atoms with Crippen LogP contribution in [0.1, 0.15) is 23.4 Å². The SMILES string of the molecule is O=C(c1cc2ccccc2o1)C1CCOCC1. The molecule has 2 heterocycles. The van der Waals surface area contributed by atoms with E-state index in [4.69, 9.17) is 9.15 Å². The Morgan fingerprint density at radius 1 is 1.18 bits per heavy atom. The third-order valence-electron chi connectivity index (χ3n) is 3.26. The molecule has 0 spiro atoms. The van der Waals surface area contributed by atoms with Gasteiger partial charge in [0, 0.05) is 24.5 Å². The number of Topliss-reactive ketones (excluding diaryl/α,β-unsaturated/α-hetero) is 1. The fraction of sp³-hybridized carbons (Fsp3) is 0.357. The second-order valence-corrected chi connectivity index (χ2v) is 4.40. The molecule has 0 atom stereocenters. The van der Waals surface area contributed by atoms with Crippen molar-refractivity contribution in [2.75, 3.05) is 13.2 Å². The van der Waals surface area contributed by atoms with Crippen molar-refractivity contribution in [3.05, 3.63) is 36.1 Å². The van der Waals surface area contributed by atoms with Crippen molar-refractivity contribution in [1.82, 2.24) is 0 Å². The molecule has 3 heteroatoms. The minimum atomic E-state index is 0.0595. The van der Waals surface area contributed by atoms with Crippen molar-refractivity contribution >= 4 is 16.8 Å². The Labute approximate surface area is 99.4 Å². The van der Waals surface area contributed by atoms with E-state index in [9.17, 15) is 4.79 Å². The van der Waals surface area contributed by atoms with Gasteiger partial charge in [0.15, 0.2) is 5.76 Å². The van der Waals surface area contributed by atoms with Crippen LogP contribution in [0.2, 0.25) is 0 Å². The van der Waals surface area contributed by atoms with Crippen LogP contribution in [0.3, 0.4) is 0 Å². The molecule has 0 N–H and O–H groups in total. The normalized spacial score (nSPS) is 17.4. The Kier molecular flexibility index (Phi) is 2.69. The highest BCUT2D eigenvalue weighted by Gasteiger charge is 2.25. The van der Waals surface area contributed by atoms with Crippen LogP contribution in [0.4, 0.5) is 0 Å². The molecule has 88 valence electrons. The topological polar surface area (TPSA) is 39.4 Å². The number of carbonyl (C=O) groups excluding carboxylic acids is 1. The summed E-state index contributed by atoms with van der Waals surface area (Å²) in [6, 6.07) is 9.54. The predicted molar refractivity (Wildman–Crippen MR) is 64.1 cm³/mol. The van der Waals surface area contributed by atoms with Crippen molar-refractivity contribution in [3.8, 4) is 0 Å². The lowest BCUT2D eigenvalue weighted by Crippen LogP contribution is -2.23. The fourth-order valence-corrected chi connectivity index (χ4v) is 2.26. The van der Waals surface area contributed by atoms with Gasteiger partial charge in [-0.15, -0.1) is 0 Å². The van der Waals surface area contributed by atoms with Crippen LogP contribution in [0.25, 0.3) is 11.0 Å². The zero-order valence-corrected chi connectivity index (χ0v) is 9.52. The molecule has 0 saturated carbocycles. The summed E-state index contributed by atoms with van der Waals surface area (Å²) >= 11 is 0. The van der Waals surface area contributed by atoms with Gasteiger partial charge in [0.2, 0.25) is 5.78 Å². The maximum absolute atomic E-state index is 12.2. The van der Waals surface area contributed by atoms with Gasteiger partial charge in [-0.05, 0) is 25.0 Å². The average Bonchev–Trinajstić information content (AvgIpc) is 2.82. The maximum atomic E-state index is 12.2. The van der Waals surface area contributed by atoms with Crippen molar-refractivity contribution in [3.63, 3.8) is 0 Å². The molecule has 1 aliphatic heterocycles. The largest absolute Gasteiger partial charge is 0.453 e. The first kappa shape index (κ1) is 10.5. The van der Waals surface area contributed by atoms with Gasteiger partial charge in [0.1, 0.15) is 5.58 Å². The van der Waals surface area contributed by atoms with E-state index in [1.807, 2.05) is 30.3 Å². The molecular formula is C14H14O3. The summed E-state index contributed by atoms with van der Waals surface area (Å²) in [5.74, 6) is 0.659. The lowest BCUT2D eigenvalue weighted by atomic mass is 9.94. The number of benzene rings is 1. The number of hydrogen-bond acceptors (Lipinski definition) is 3. The van der Waals surface area contributed by atoms with Gasteiger partial charge in [-0.2, -0.15) is 0 Å². The lowest BCUT2D eigenvalue weighted by molar-refractivity contribution is 0.0529. The molecule has 1 saturated heterocycles. The van der Waals surface area contributed by atoms with Gasteiger partial charge in [0.25, 0.3) is 0 Å². The van der Waals surface area contributed by atoms with Crippen LogP contribution in [0.15, 0.2) is 34.7 Å². The summed E-state index contributed by atoms with van der Waals surface area (Å²) in [4.78, 5) is 12.2. The van der Waals surface area contributed by atoms with E-state index in [0.29, 0.717) is 19.0 Å². The molecule has 0 aliphatic carbocycles.